The number of carboxylic acid groups (broad SMARTS) is 1. The van der Waals surface area contributed by atoms with Crippen molar-refractivity contribution in [2.45, 2.75) is 43.7 Å². The number of carboxylic acids is 1. The minimum atomic E-state index is -3.16. The standard InChI is InChI=1S/C16H24N2O4S/c1-3-18(11-16(19)20)14-9-13(10-14)17-12-5-7-15(8-6-12)23(21,22)4-2/h5-8,13-14,17H,3-4,9-11H2,1-2H3,(H,19,20). The van der Waals surface area contributed by atoms with Crippen LogP contribution in [-0.2, 0) is 14.6 Å². The van der Waals surface area contributed by atoms with Gasteiger partial charge < -0.3 is 10.4 Å². The normalized spacial score (nSPS) is 21.0. The van der Waals surface area contributed by atoms with Crippen molar-refractivity contribution in [3.05, 3.63) is 24.3 Å². The summed E-state index contributed by atoms with van der Waals surface area (Å²) in [6, 6.07) is 7.42. The number of sulfone groups is 1. The summed E-state index contributed by atoms with van der Waals surface area (Å²) in [7, 11) is -3.16. The number of nitrogens with one attached hydrogen (secondary N) is 1. The molecule has 1 saturated carbocycles. The Balaban J connectivity index is 1.87. The molecule has 0 unspecified atom stereocenters. The number of carbonyl (C=O) groups is 1. The van der Waals surface area contributed by atoms with Crippen LogP contribution in [0.15, 0.2) is 29.2 Å². The molecule has 0 aromatic heterocycles. The Labute approximate surface area is 137 Å². The van der Waals surface area contributed by atoms with Gasteiger partial charge in [0.25, 0.3) is 0 Å². The maximum absolute atomic E-state index is 11.8. The number of anilines is 1. The fourth-order valence-corrected chi connectivity index (χ4v) is 3.72. The van der Waals surface area contributed by atoms with Gasteiger partial charge in [-0.3, -0.25) is 9.69 Å². The molecule has 0 atom stereocenters. The van der Waals surface area contributed by atoms with Gasteiger partial charge in [-0.2, -0.15) is 0 Å². The number of likely N-dealkylation sites (N-methyl/N-ethyl adjacent to an activating group) is 1. The summed E-state index contributed by atoms with van der Waals surface area (Å²) in [6.07, 6.45) is 1.80. The van der Waals surface area contributed by atoms with Crippen molar-refractivity contribution in [3.8, 4) is 0 Å². The number of aliphatic carboxylic acids is 1. The largest absolute Gasteiger partial charge is 0.480 e. The van der Waals surface area contributed by atoms with Gasteiger partial charge in [-0.15, -0.1) is 0 Å². The molecule has 6 nitrogen and oxygen atoms in total. The fraction of sp³-hybridized carbons (Fsp3) is 0.562. The summed E-state index contributed by atoms with van der Waals surface area (Å²) < 4.78 is 23.5. The molecule has 1 fully saturated rings. The van der Waals surface area contributed by atoms with E-state index >= 15 is 0 Å². The van der Waals surface area contributed by atoms with Crippen LogP contribution in [-0.4, -0.2) is 55.3 Å². The zero-order valence-electron chi connectivity index (χ0n) is 13.5. The van der Waals surface area contributed by atoms with Crippen LogP contribution in [0.1, 0.15) is 26.7 Å². The molecule has 0 spiro atoms. The Morgan fingerprint density at radius 1 is 1.26 bits per heavy atom. The van der Waals surface area contributed by atoms with Gasteiger partial charge >= 0.3 is 5.97 Å². The van der Waals surface area contributed by atoms with Gasteiger partial charge in [0.15, 0.2) is 9.84 Å². The summed E-state index contributed by atoms with van der Waals surface area (Å²) in [4.78, 5) is 13.1. The van der Waals surface area contributed by atoms with E-state index in [9.17, 15) is 13.2 Å². The molecule has 0 amide bonds. The van der Waals surface area contributed by atoms with Gasteiger partial charge in [-0.1, -0.05) is 13.8 Å². The molecule has 0 radical (unpaired) electrons. The molecule has 0 bridgehead atoms. The highest BCUT2D eigenvalue weighted by Crippen LogP contribution is 2.29. The highest BCUT2D eigenvalue weighted by Gasteiger charge is 2.33. The second-order valence-corrected chi connectivity index (χ2v) is 8.13. The summed E-state index contributed by atoms with van der Waals surface area (Å²) in [6.45, 7) is 4.41. The van der Waals surface area contributed by atoms with Crippen molar-refractivity contribution >= 4 is 21.5 Å². The second kappa shape index (κ2) is 7.31. The van der Waals surface area contributed by atoms with Crippen LogP contribution in [0.2, 0.25) is 0 Å². The first kappa shape index (κ1) is 17.7. The van der Waals surface area contributed by atoms with Gasteiger partial charge in [0.05, 0.1) is 17.2 Å². The summed E-state index contributed by atoms with van der Waals surface area (Å²) >= 11 is 0. The molecular weight excluding hydrogens is 316 g/mol. The number of rotatable bonds is 8. The number of benzene rings is 1. The van der Waals surface area contributed by atoms with Crippen LogP contribution in [0.25, 0.3) is 0 Å². The molecule has 1 aromatic rings. The molecule has 1 aromatic carbocycles. The number of nitrogens with zero attached hydrogens (tertiary/aromatic N) is 1. The van der Waals surface area contributed by atoms with Crippen LogP contribution < -0.4 is 5.32 Å². The van der Waals surface area contributed by atoms with E-state index in [4.69, 9.17) is 5.11 Å². The number of hydrogen-bond acceptors (Lipinski definition) is 5. The third-order valence-corrected chi connectivity index (χ3v) is 6.09. The van der Waals surface area contributed by atoms with Gasteiger partial charge in [0, 0.05) is 17.8 Å². The topological polar surface area (TPSA) is 86.7 Å². The molecule has 1 aliphatic rings. The first-order valence-electron chi connectivity index (χ1n) is 7.91. The summed E-state index contributed by atoms with van der Waals surface area (Å²) in [5.41, 5.74) is 0.893. The predicted molar refractivity (Wildman–Crippen MR) is 89.5 cm³/mol. The van der Waals surface area contributed by atoms with E-state index in [1.165, 1.54) is 0 Å². The Hall–Kier alpha value is -1.60. The first-order chi connectivity index (χ1) is 10.9. The van der Waals surface area contributed by atoms with E-state index in [2.05, 4.69) is 5.32 Å². The second-order valence-electron chi connectivity index (χ2n) is 5.85. The lowest BCUT2D eigenvalue weighted by Crippen LogP contribution is -2.51. The van der Waals surface area contributed by atoms with Crippen molar-refractivity contribution in [2.24, 2.45) is 0 Å². The van der Waals surface area contributed by atoms with Gasteiger partial charge in [0.2, 0.25) is 0 Å². The SMILES string of the molecule is CCN(CC(=O)O)C1CC(Nc2ccc(S(=O)(=O)CC)cc2)C1. The van der Waals surface area contributed by atoms with E-state index in [1.807, 2.05) is 11.8 Å². The third-order valence-electron chi connectivity index (χ3n) is 4.34. The van der Waals surface area contributed by atoms with Crippen molar-refractivity contribution in [3.63, 3.8) is 0 Å². The molecule has 0 heterocycles. The zero-order chi connectivity index (χ0) is 17.0. The lowest BCUT2D eigenvalue weighted by Gasteiger charge is -2.42. The van der Waals surface area contributed by atoms with E-state index < -0.39 is 15.8 Å². The van der Waals surface area contributed by atoms with Crippen molar-refractivity contribution in [1.82, 2.24) is 4.90 Å². The van der Waals surface area contributed by atoms with Crippen LogP contribution in [0.4, 0.5) is 5.69 Å². The van der Waals surface area contributed by atoms with Crippen LogP contribution in [0.5, 0.6) is 0 Å². The quantitative estimate of drug-likeness (QED) is 0.751. The molecule has 23 heavy (non-hydrogen) atoms. The molecular formula is C16H24N2O4S. The maximum Gasteiger partial charge on any atom is 0.317 e. The Morgan fingerprint density at radius 2 is 1.87 bits per heavy atom. The minimum Gasteiger partial charge on any atom is -0.480 e. The number of hydrogen-bond donors (Lipinski definition) is 2. The van der Waals surface area contributed by atoms with Gasteiger partial charge in [-0.05, 0) is 43.7 Å². The summed E-state index contributed by atoms with van der Waals surface area (Å²) in [5.74, 6) is -0.698. The molecule has 2 N–H and O–H groups in total. The average Bonchev–Trinajstić information content (AvgIpc) is 2.48. The average molecular weight is 340 g/mol. The first-order valence-corrected chi connectivity index (χ1v) is 9.56. The van der Waals surface area contributed by atoms with E-state index in [0.29, 0.717) is 17.0 Å². The Bertz CT molecular complexity index is 637. The molecule has 128 valence electrons. The summed E-state index contributed by atoms with van der Waals surface area (Å²) in [5, 5.41) is 12.3. The molecule has 0 saturated heterocycles. The van der Waals surface area contributed by atoms with Crippen LogP contribution >= 0.6 is 0 Å². The van der Waals surface area contributed by atoms with E-state index in [1.54, 1.807) is 31.2 Å². The highest BCUT2D eigenvalue weighted by atomic mass is 32.2. The minimum absolute atomic E-state index is 0.0808. The lowest BCUT2D eigenvalue weighted by atomic mass is 9.85. The Kier molecular flexibility index (Phi) is 5.64. The predicted octanol–water partition coefficient (Wildman–Crippen LogP) is 1.83. The maximum atomic E-state index is 11.8. The van der Waals surface area contributed by atoms with Gasteiger partial charge in [0.1, 0.15) is 0 Å². The van der Waals surface area contributed by atoms with Crippen LogP contribution in [0.3, 0.4) is 0 Å². The molecule has 2 rings (SSSR count). The van der Waals surface area contributed by atoms with Crippen molar-refractivity contribution in [1.29, 1.82) is 0 Å². The highest BCUT2D eigenvalue weighted by molar-refractivity contribution is 7.91. The third kappa shape index (κ3) is 4.45. The molecule has 0 aliphatic heterocycles. The lowest BCUT2D eigenvalue weighted by molar-refractivity contribution is -0.139. The monoisotopic (exact) mass is 340 g/mol. The van der Waals surface area contributed by atoms with Gasteiger partial charge in [-0.25, -0.2) is 8.42 Å². The van der Waals surface area contributed by atoms with Crippen molar-refractivity contribution in [2.75, 3.05) is 24.2 Å². The zero-order valence-corrected chi connectivity index (χ0v) is 14.3. The smallest absolute Gasteiger partial charge is 0.317 e. The van der Waals surface area contributed by atoms with Crippen LogP contribution in [0, 0.1) is 0 Å². The van der Waals surface area contributed by atoms with Crippen molar-refractivity contribution < 1.29 is 18.3 Å². The fourth-order valence-electron chi connectivity index (χ4n) is 2.84. The van der Waals surface area contributed by atoms with E-state index in [-0.39, 0.29) is 12.3 Å². The Morgan fingerprint density at radius 3 is 2.35 bits per heavy atom. The van der Waals surface area contributed by atoms with E-state index in [0.717, 1.165) is 25.1 Å². The molecule has 1 aliphatic carbocycles. The molecule has 7 heteroatoms.